The van der Waals surface area contributed by atoms with E-state index in [0.717, 1.165) is 11.1 Å². The Balaban J connectivity index is 2.62. The molecule has 1 aromatic carbocycles. The fraction of sp³-hybridized carbons (Fsp3) is 0.308. The van der Waals surface area contributed by atoms with Crippen LogP contribution in [0.4, 0.5) is 0 Å². The molecular formula is C13H17NO2. The first-order valence-electron chi connectivity index (χ1n) is 5.24. The molecule has 0 atom stereocenters. The molecule has 3 heteroatoms. The summed E-state index contributed by atoms with van der Waals surface area (Å²) in [6.07, 6.45) is 2.32. The third-order valence-corrected chi connectivity index (χ3v) is 2.14. The van der Waals surface area contributed by atoms with Crippen LogP contribution in [0.2, 0.25) is 0 Å². The van der Waals surface area contributed by atoms with Crippen LogP contribution in [-0.2, 0) is 4.74 Å². The van der Waals surface area contributed by atoms with Crippen LogP contribution in [0.1, 0.15) is 24.5 Å². The van der Waals surface area contributed by atoms with Crippen molar-refractivity contribution in [3.63, 3.8) is 0 Å². The van der Waals surface area contributed by atoms with Crippen molar-refractivity contribution in [2.24, 2.45) is 0 Å². The number of allylic oxidation sites excluding steroid dienone is 1. The van der Waals surface area contributed by atoms with Gasteiger partial charge >= 0.3 is 0 Å². The van der Waals surface area contributed by atoms with Gasteiger partial charge in [0.05, 0.1) is 5.76 Å². The zero-order chi connectivity index (χ0) is 12.0. The maximum Gasteiger partial charge on any atom is 0.218 e. The van der Waals surface area contributed by atoms with Crippen LogP contribution in [-0.4, -0.2) is 17.6 Å². The fourth-order valence-corrected chi connectivity index (χ4v) is 1.23. The summed E-state index contributed by atoms with van der Waals surface area (Å²) in [5.74, 6) is 0.770. The number of hydrogen-bond acceptors (Lipinski definition) is 3. The Bertz CT molecular complexity index is 379. The van der Waals surface area contributed by atoms with Crippen molar-refractivity contribution in [1.29, 1.82) is 5.41 Å². The van der Waals surface area contributed by atoms with Crippen molar-refractivity contribution in [2.45, 2.75) is 20.3 Å². The number of aliphatic hydroxyl groups excluding tert-OH is 1. The molecule has 0 amide bonds. The van der Waals surface area contributed by atoms with Crippen molar-refractivity contribution in [1.82, 2.24) is 0 Å². The molecular weight excluding hydrogens is 202 g/mol. The van der Waals surface area contributed by atoms with E-state index < -0.39 is 0 Å². The standard InChI is InChI=1S/C13H17NO2/c1-10-5-7-12(8-6-10)13(14)16-11(2)4-3-9-15/h4-8,14-15H,3,9H2,1-2H3/b11-4+,14-13?. The number of ether oxygens (including phenoxy) is 1. The highest BCUT2D eigenvalue weighted by molar-refractivity contribution is 5.92. The molecule has 0 heterocycles. The smallest absolute Gasteiger partial charge is 0.218 e. The van der Waals surface area contributed by atoms with E-state index in [2.05, 4.69) is 0 Å². The van der Waals surface area contributed by atoms with E-state index in [4.69, 9.17) is 15.3 Å². The molecule has 0 fully saturated rings. The second-order valence-electron chi connectivity index (χ2n) is 3.62. The Kier molecular flexibility index (Phi) is 4.73. The van der Waals surface area contributed by atoms with E-state index in [1.807, 2.05) is 31.2 Å². The third kappa shape index (κ3) is 3.87. The summed E-state index contributed by atoms with van der Waals surface area (Å²) in [7, 11) is 0. The fourth-order valence-electron chi connectivity index (χ4n) is 1.23. The van der Waals surface area contributed by atoms with Gasteiger partial charge in [0, 0.05) is 12.2 Å². The molecule has 3 nitrogen and oxygen atoms in total. The normalized spacial score (nSPS) is 11.3. The molecule has 0 bridgehead atoms. The van der Waals surface area contributed by atoms with Crippen LogP contribution in [0, 0.1) is 12.3 Å². The van der Waals surface area contributed by atoms with Crippen molar-refractivity contribution < 1.29 is 9.84 Å². The lowest BCUT2D eigenvalue weighted by atomic mass is 10.1. The summed E-state index contributed by atoms with van der Waals surface area (Å²) in [5.41, 5.74) is 1.91. The van der Waals surface area contributed by atoms with Gasteiger partial charge in [-0.05, 0) is 38.5 Å². The van der Waals surface area contributed by atoms with E-state index in [0.29, 0.717) is 12.2 Å². The third-order valence-electron chi connectivity index (χ3n) is 2.14. The van der Waals surface area contributed by atoms with E-state index in [1.165, 1.54) is 0 Å². The number of rotatable bonds is 4. The minimum atomic E-state index is 0.0958. The van der Waals surface area contributed by atoms with E-state index in [-0.39, 0.29) is 12.5 Å². The topological polar surface area (TPSA) is 53.3 Å². The highest BCUT2D eigenvalue weighted by Gasteiger charge is 2.02. The molecule has 0 unspecified atom stereocenters. The maximum atomic E-state index is 8.64. The number of aryl methyl sites for hydroxylation is 1. The van der Waals surface area contributed by atoms with Crippen LogP contribution in [0.3, 0.4) is 0 Å². The summed E-state index contributed by atoms with van der Waals surface area (Å²) in [4.78, 5) is 0. The molecule has 16 heavy (non-hydrogen) atoms. The van der Waals surface area contributed by atoms with Gasteiger partial charge < -0.3 is 9.84 Å². The lowest BCUT2D eigenvalue weighted by molar-refractivity contribution is 0.300. The lowest BCUT2D eigenvalue weighted by Crippen LogP contribution is -2.03. The molecule has 1 aromatic rings. The maximum absolute atomic E-state index is 8.64. The lowest BCUT2D eigenvalue weighted by Gasteiger charge is -2.07. The van der Waals surface area contributed by atoms with Gasteiger partial charge in [0.15, 0.2) is 0 Å². The molecule has 0 radical (unpaired) electrons. The van der Waals surface area contributed by atoms with Gasteiger partial charge in [-0.2, -0.15) is 0 Å². The molecule has 0 spiro atoms. The van der Waals surface area contributed by atoms with Crippen molar-refractivity contribution in [2.75, 3.05) is 6.61 Å². The second-order valence-corrected chi connectivity index (χ2v) is 3.62. The summed E-state index contributed by atoms with van der Waals surface area (Å²) in [6.45, 7) is 3.87. The Morgan fingerprint density at radius 1 is 1.38 bits per heavy atom. The number of nitrogens with one attached hydrogen (secondary N) is 1. The first kappa shape index (κ1) is 12.5. The minimum absolute atomic E-state index is 0.0958. The first-order chi connectivity index (χ1) is 7.63. The average Bonchev–Trinajstić information content (AvgIpc) is 2.27. The van der Waals surface area contributed by atoms with Gasteiger partial charge in [0.1, 0.15) is 0 Å². The highest BCUT2D eigenvalue weighted by atomic mass is 16.5. The van der Waals surface area contributed by atoms with E-state index >= 15 is 0 Å². The second kappa shape index (κ2) is 6.08. The monoisotopic (exact) mass is 219 g/mol. The van der Waals surface area contributed by atoms with Gasteiger partial charge in [-0.3, -0.25) is 5.41 Å². The summed E-state index contributed by atoms with van der Waals surface area (Å²) in [6, 6.07) is 7.61. The zero-order valence-electron chi connectivity index (χ0n) is 9.66. The van der Waals surface area contributed by atoms with E-state index in [1.54, 1.807) is 13.0 Å². The van der Waals surface area contributed by atoms with Crippen LogP contribution in [0.15, 0.2) is 36.1 Å². The summed E-state index contributed by atoms with van der Waals surface area (Å²) >= 11 is 0. The highest BCUT2D eigenvalue weighted by Crippen LogP contribution is 2.08. The quantitative estimate of drug-likeness (QED) is 0.464. The minimum Gasteiger partial charge on any atom is -0.444 e. The average molecular weight is 219 g/mol. The Morgan fingerprint density at radius 2 is 2.00 bits per heavy atom. The largest absolute Gasteiger partial charge is 0.444 e. The molecule has 0 saturated heterocycles. The molecule has 0 aromatic heterocycles. The van der Waals surface area contributed by atoms with Gasteiger partial charge in [0.25, 0.3) is 0 Å². The molecule has 0 aliphatic carbocycles. The van der Waals surface area contributed by atoms with Crippen LogP contribution in [0.25, 0.3) is 0 Å². The first-order valence-corrected chi connectivity index (χ1v) is 5.24. The Morgan fingerprint density at radius 3 is 2.56 bits per heavy atom. The molecule has 0 saturated carbocycles. The van der Waals surface area contributed by atoms with Crippen LogP contribution in [0.5, 0.6) is 0 Å². The number of aliphatic hydroxyl groups is 1. The SMILES string of the molecule is C/C(=C\CCO)OC(=N)c1ccc(C)cc1. The zero-order valence-corrected chi connectivity index (χ0v) is 9.66. The predicted molar refractivity (Wildman–Crippen MR) is 64.6 cm³/mol. The van der Waals surface area contributed by atoms with Gasteiger partial charge in [-0.1, -0.05) is 17.7 Å². The van der Waals surface area contributed by atoms with Gasteiger partial charge in [-0.25, -0.2) is 0 Å². The Labute approximate surface area is 95.9 Å². The van der Waals surface area contributed by atoms with Crippen molar-refractivity contribution in [3.05, 3.63) is 47.2 Å². The van der Waals surface area contributed by atoms with E-state index in [9.17, 15) is 0 Å². The summed E-state index contributed by atoms with van der Waals surface area (Å²) < 4.78 is 5.31. The van der Waals surface area contributed by atoms with Crippen LogP contribution >= 0.6 is 0 Å². The van der Waals surface area contributed by atoms with Gasteiger partial charge in [-0.15, -0.1) is 0 Å². The Hall–Kier alpha value is -1.61. The van der Waals surface area contributed by atoms with Crippen LogP contribution < -0.4 is 0 Å². The molecule has 2 N–H and O–H groups in total. The summed E-state index contributed by atoms with van der Waals surface area (Å²) in [5, 5.41) is 16.4. The van der Waals surface area contributed by atoms with Crippen molar-refractivity contribution >= 4 is 5.90 Å². The van der Waals surface area contributed by atoms with Crippen molar-refractivity contribution in [3.8, 4) is 0 Å². The predicted octanol–water partition coefficient (Wildman–Crippen LogP) is 2.62. The number of hydrogen-bond donors (Lipinski definition) is 2. The molecule has 1 rings (SSSR count). The molecule has 0 aliphatic heterocycles. The molecule has 86 valence electrons. The molecule has 0 aliphatic rings. The number of benzene rings is 1. The van der Waals surface area contributed by atoms with Gasteiger partial charge in [0.2, 0.25) is 5.90 Å².